The van der Waals surface area contributed by atoms with E-state index in [4.69, 9.17) is 11.6 Å². The van der Waals surface area contributed by atoms with Crippen LogP contribution in [0.25, 0.3) is 6.08 Å². The molecule has 1 aliphatic heterocycles. The van der Waals surface area contributed by atoms with Gasteiger partial charge in [0.2, 0.25) is 0 Å². The molecule has 0 radical (unpaired) electrons. The van der Waals surface area contributed by atoms with Gasteiger partial charge in [-0.25, -0.2) is 0 Å². The number of amidine groups is 1. The van der Waals surface area contributed by atoms with Crippen LogP contribution in [0.4, 0.5) is 0 Å². The average Bonchev–Trinajstić information content (AvgIpc) is 2.63. The lowest BCUT2D eigenvalue weighted by Gasteiger charge is -2.05. The molecule has 1 aromatic rings. The minimum Gasteiger partial charge on any atom is -0.505 e. The lowest BCUT2D eigenvalue weighted by Crippen LogP contribution is -2.23. The number of phenolic OH excluding ortho intramolecular Hbond substituents is 1. The Bertz CT molecular complexity index is 593. The first-order chi connectivity index (χ1) is 8.93. The summed E-state index contributed by atoms with van der Waals surface area (Å²) in [4.78, 5) is 18.1. The Kier molecular flexibility index (Phi) is 4.23. The van der Waals surface area contributed by atoms with E-state index < -0.39 is 0 Å². The normalized spacial score (nSPS) is 19.8. The van der Waals surface area contributed by atoms with Gasteiger partial charge in [-0.15, -0.1) is 0 Å². The minimum absolute atomic E-state index is 0.0119. The zero-order valence-electron chi connectivity index (χ0n) is 10.1. The first kappa shape index (κ1) is 14.4. The van der Waals surface area contributed by atoms with Gasteiger partial charge < -0.3 is 5.11 Å². The van der Waals surface area contributed by atoms with E-state index in [1.165, 1.54) is 16.7 Å². The van der Waals surface area contributed by atoms with E-state index in [-0.39, 0.29) is 16.7 Å². The van der Waals surface area contributed by atoms with E-state index in [2.05, 4.69) is 20.9 Å². The molecule has 0 aromatic heterocycles. The van der Waals surface area contributed by atoms with Gasteiger partial charge in [0.25, 0.3) is 5.91 Å². The number of aliphatic imine (C=N–C) groups is 1. The van der Waals surface area contributed by atoms with Gasteiger partial charge in [0.05, 0.1) is 14.4 Å². The molecule has 0 bridgehead atoms. The maximum atomic E-state index is 12.0. The fraction of sp³-hybridized carbons (Fsp3) is 0.167. The first-order valence-corrected chi connectivity index (χ1v) is 7.25. The molecule has 4 nitrogen and oxygen atoms in total. The Morgan fingerprint density at radius 3 is 2.74 bits per heavy atom. The van der Waals surface area contributed by atoms with Crippen LogP contribution >= 0.6 is 39.3 Å². The molecule has 0 atom stereocenters. The maximum absolute atomic E-state index is 12.0. The van der Waals surface area contributed by atoms with Crippen molar-refractivity contribution in [2.24, 2.45) is 4.99 Å². The Morgan fingerprint density at radius 1 is 1.53 bits per heavy atom. The quantitative estimate of drug-likeness (QED) is 0.781. The third kappa shape index (κ3) is 2.80. The highest BCUT2D eigenvalue weighted by Crippen LogP contribution is 2.36. The summed E-state index contributed by atoms with van der Waals surface area (Å²) in [5.41, 5.74) is 0.733. The van der Waals surface area contributed by atoms with Crippen LogP contribution in [0.15, 0.2) is 26.5 Å². The van der Waals surface area contributed by atoms with Crippen molar-refractivity contribution in [3.8, 4) is 5.75 Å². The van der Waals surface area contributed by atoms with E-state index in [0.717, 1.165) is 5.56 Å². The number of nitrogens with zero attached hydrogens (tertiary/aromatic N) is 2. The van der Waals surface area contributed by atoms with Crippen molar-refractivity contribution >= 4 is 56.4 Å². The molecule has 2 rings (SSSR count). The maximum Gasteiger partial charge on any atom is 0.266 e. The number of phenols is 1. The highest BCUT2D eigenvalue weighted by molar-refractivity contribution is 9.10. The summed E-state index contributed by atoms with van der Waals surface area (Å²) in [5, 5.41) is 10.5. The van der Waals surface area contributed by atoms with Gasteiger partial charge in [-0.05, 0) is 51.5 Å². The van der Waals surface area contributed by atoms with E-state index >= 15 is 0 Å². The topological polar surface area (TPSA) is 52.9 Å². The lowest BCUT2D eigenvalue weighted by atomic mass is 10.2. The smallest absolute Gasteiger partial charge is 0.266 e. The van der Waals surface area contributed by atoms with Crippen molar-refractivity contribution in [1.82, 2.24) is 4.90 Å². The van der Waals surface area contributed by atoms with Crippen LogP contribution in [-0.4, -0.2) is 35.2 Å². The van der Waals surface area contributed by atoms with Crippen molar-refractivity contribution in [3.05, 3.63) is 32.1 Å². The van der Waals surface area contributed by atoms with Crippen LogP contribution in [0.3, 0.4) is 0 Å². The molecular weight excluding hydrogens is 352 g/mol. The summed E-state index contributed by atoms with van der Waals surface area (Å²) in [6, 6.07) is 3.30. The second kappa shape index (κ2) is 5.56. The molecule has 1 amide bonds. The molecule has 0 saturated carbocycles. The summed E-state index contributed by atoms with van der Waals surface area (Å²) in [6.45, 7) is 0. The van der Waals surface area contributed by atoms with Gasteiger partial charge in [-0.2, -0.15) is 0 Å². The molecule has 1 N–H and O–H groups in total. The molecular formula is C12H10BrClN2O2S. The Balaban J connectivity index is 2.40. The molecule has 19 heavy (non-hydrogen) atoms. The van der Waals surface area contributed by atoms with E-state index in [0.29, 0.717) is 14.5 Å². The highest BCUT2D eigenvalue weighted by atomic mass is 79.9. The molecule has 1 saturated heterocycles. The molecule has 1 fully saturated rings. The van der Waals surface area contributed by atoms with Gasteiger partial charge in [-0.1, -0.05) is 11.6 Å². The van der Waals surface area contributed by atoms with Crippen LogP contribution in [0.5, 0.6) is 5.75 Å². The van der Waals surface area contributed by atoms with Gasteiger partial charge >= 0.3 is 0 Å². The summed E-state index contributed by atoms with van der Waals surface area (Å²) in [5.74, 6) is -0.118. The van der Waals surface area contributed by atoms with Crippen LogP contribution in [0.1, 0.15) is 5.56 Å². The predicted molar refractivity (Wildman–Crippen MR) is 82.5 cm³/mol. The Hall–Kier alpha value is -0.980. The van der Waals surface area contributed by atoms with Crippen molar-refractivity contribution in [1.29, 1.82) is 0 Å². The van der Waals surface area contributed by atoms with Crippen molar-refractivity contribution in [2.45, 2.75) is 0 Å². The zero-order valence-corrected chi connectivity index (χ0v) is 13.3. The number of thioether (sulfide) groups is 1. The van der Waals surface area contributed by atoms with Crippen LogP contribution in [-0.2, 0) is 4.79 Å². The predicted octanol–water partition coefficient (Wildman–Crippen LogP) is 3.34. The third-order valence-corrected chi connectivity index (χ3v) is 4.58. The second-order valence-electron chi connectivity index (χ2n) is 3.81. The fourth-order valence-corrected chi connectivity index (χ4v) is 3.32. The average molecular weight is 362 g/mol. The van der Waals surface area contributed by atoms with Gasteiger partial charge in [0, 0.05) is 14.1 Å². The van der Waals surface area contributed by atoms with E-state index in [1.807, 2.05) is 0 Å². The second-order valence-corrected chi connectivity index (χ2v) is 6.08. The first-order valence-electron chi connectivity index (χ1n) is 5.26. The molecule has 0 unspecified atom stereocenters. The van der Waals surface area contributed by atoms with Crippen molar-refractivity contribution in [3.63, 3.8) is 0 Å². The van der Waals surface area contributed by atoms with Gasteiger partial charge in [-0.3, -0.25) is 14.7 Å². The number of aromatic hydroxyl groups is 1. The molecule has 7 heteroatoms. The Morgan fingerprint density at radius 2 is 2.21 bits per heavy atom. The number of hydrogen-bond donors (Lipinski definition) is 1. The van der Waals surface area contributed by atoms with Gasteiger partial charge in [0.1, 0.15) is 5.75 Å². The minimum atomic E-state index is -0.106. The molecule has 0 spiro atoms. The molecule has 0 aliphatic carbocycles. The third-order valence-electron chi connectivity index (χ3n) is 2.53. The molecule has 100 valence electrons. The lowest BCUT2D eigenvalue weighted by molar-refractivity contribution is -0.121. The van der Waals surface area contributed by atoms with Crippen LogP contribution < -0.4 is 0 Å². The van der Waals surface area contributed by atoms with E-state index in [1.54, 1.807) is 32.3 Å². The largest absolute Gasteiger partial charge is 0.505 e. The zero-order chi connectivity index (χ0) is 14.2. The van der Waals surface area contributed by atoms with Crippen LogP contribution in [0, 0.1) is 0 Å². The fourth-order valence-electron chi connectivity index (χ4n) is 1.57. The molecule has 1 aromatic carbocycles. The van der Waals surface area contributed by atoms with Crippen molar-refractivity contribution < 1.29 is 9.90 Å². The van der Waals surface area contributed by atoms with Gasteiger partial charge in [0.15, 0.2) is 5.17 Å². The number of rotatable bonds is 1. The number of benzene rings is 1. The number of amides is 1. The number of hydrogen-bond acceptors (Lipinski definition) is 4. The van der Waals surface area contributed by atoms with Crippen molar-refractivity contribution in [2.75, 3.05) is 14.1 Å². The van der Waals surface area contributed by atoms with Crippen LogP contribution in [0.2, 0.25) is 5.02 Å². The summed E-state index contributed by atoms with van der Waals surface area (Å²) in [7, 11) is 3.32. The number of halogens is 2. The SMILES string of the molecule is CN=C1S/C(=C/c2cc(Cl)c(O)c(Br)c2)C(=O)N1C. The number of carbonyl (C=O) groups is 1. The van der Waals surface area contributed by atoms with E-state index in [9.17, 15) is 9.90 Å². The number of carbonyl (C=O) groups excluding carboxylic acids is 1. The molecule has 1 heterocycles. The summed E-state index contributed by atoms with van der Waals surface area (Å²) in [6.07, 6.45) is 1.72. The number of likely N-dealkylation sites (N-methyl/N-ethyl adjacent to an activating group) is 1. The summed E-state index contributed by atoms with van der Waals surface area (Å²) >= 11 is 10.4. The molecule has 1 aliphatic rings. The monoisotopic (exact) mass is 360 g/mol. The highest BCUT2D eigenvalue weighted by Gasteiger charge is 2.29. The standard InChI is InChI=1S/C12H10BrClN2O2S/c1-15-12-16(2)11(18)9(19-12)5-6-3-7(13)10(17)8(14)4-6/h3-5,17H,1-2H3/b9-5+,15-12?. The Labute approximate surface area is 128 Å². The summed E-state index contributed by atoms with van der Waals surface area (Å²) < 4.78 is 0.486.